The van der Waals surface area contributed by atoms with E-state index in [0.717, 1.165) is 31.7 Å². The molecule has 0 amide bonds. The fourth-order valence-electron chi connectivity index (χ4n) is 2.74. The highest BCUT2D eigenvalue weighted by Gasteiger charge is 2.25. The van der Waals surface area contributed by atoms with Crippen LogP contribution in [0.1, 0.15) is 32.1 Å². The molecule has 1 aromatic rings. The van der Waals surface area contributed by atoms with E-state index in [1.165, 1.54) is 12.1 Å². The number of rotatable bonds is 6. The number of hydrogen-bond donors (Lipinski definition) is 2. The summed E-state index contributed by atoms with van der Waals surface area (Å²) in [5, 5.41) is 9.56. The van der Waals surface area contributed by atoms with Gasteiger partial charge in [-0.25, -0.2) is 17.5 Å². The van der Waals surface area contributed by atoms with Gasteiger partial charge in [0.05, 0.1) is 11.1 Å². The third kappa shape index (κ3) is 4.16. The fourth-order valence-corrected chi connectivity index (χ4v) is 4.41. The van der Waals surface area contributed by atoms with Crippen molar-refractivity contribution < 1.29 is 17.9 Å². The standard InChI is InChI=1S/C14H19ClFNO3S/c15-11-6-2-7-12(16)14(11)21(19,20)17-9-3-5-10-4-1-8-13(10)18/h2,6-7,10,13,17-18H,1,3-5,8-9H2/t10-,13+/m0/s1. The Morgan fingerprint density at radius 2 is 2.14 bits per heavy atom. The fraction of sp³-hybridized carbons (Fsp3) is 0.571. The molecule has 1 saturated carbocycles. The van der Waals surface area contributed by atoms with Crippen LogP contribution < -0.4 is 4.72 Å². The van der Waals surface area contributed by atoms with Crippen LogP contribution in [-0.4, -0.2) is 26.2 Å². The molecule has 1 aliphatic rings. The smallest absolute Gasteiger partial charge is 0.244 e. The first-order valence-corrected chi connectivity index (χ1v) is 8.89. The molecule has 0 unspecified atom stereocenters. The van der Waals surface area contributed by atoms with Crippen LogP contribution in [0.5, 0.6) is 0 Å². The Morgan fingerprint density at radius 3 is 2.76 bits per heavy atom. The van der Waals surface area contributed by atoms with Crippen molar-refractivity contribution in [2.75, 3.05) is 6.54 Å². The summed E-state index contributed by atoms with van der Waals surface area (Å²) < 4.78 is 40.1. The number of hydrogen-bond acceptors (Lipinski definition) is 3. The van der Waals surface area contributed by atoms with Gasteiger partial charge in [-0.05, 0) is 43.7 Å². The average Bonchev–Trinajstić information content (AvgIpc) is 2.80. The second kappa shape index (κ2) is 7.05. The molecule has 1 fully saturated rings. The Labute approximate surface area is 129 Å². The second-order valence-electron chi connectivity index (χ2n) is 5.35. The molecule has 7 heteroatoms. The number of aliphatic hydroxyl groups excluding tert-OH is 1. The van der Waals surface area contributed by atoms with Crippen LogP contribution in [0.2, 0.25) is 5.02 Å². The molecule has 0 aliphatic heterocycles. The first-order valence-electron chi connectivity index (χ1n) is 7.03. The maximum atomic E-state index is 13.6. The predicted octanol–water partition coefficient (Wildman–Crippen LogP) is 2.70. The van der Waals surface area contributed by atoms with Gasteiger partial charge in [0.1, 0.15) is 10.7 Å². The Balaban J connectivity index is 1.90. The second-order valence-corrected chi connectivity index (χ2v) is 7.46. The molecule has 0 aromatic heterocycles. The summed E-state index contributed by atoms with van der Waals surface area (Å²) in [5.41, 5.74) is 0. The van der Waals surface area contributed by atoms with E-state index in [1.54, 1.807) is 0 Å². The number of nitrogens with one attached hydrogen (secondary N) is 1. The molecule has 0 bridgehead atoms. The molecule has 0 saturated heterocycles. The zero-order chi connectivity index (χ0) is 15.5. The Kier molecular flexibility index (Phi) is 5.60. The highest BCUT2D eigenvalue weighted by atomic mass is 35.5. The van der Waals surface area contributed by atoms with Crippen LogP contribution in [0, 0.1) is 11.7 Å². The minimum atomic E-state index is -3.95. The van der Waals surface area contributed by atoms with Crippen LogP contribution in [0.3, 0.4) is 0 Å². The van der Waals surface area contributed by atoms with E-state index >= 15 is 0 Å². The molecule has 0 radical (unpaired) electrons. The lowest BCUT2D eigenvalue weighted by molar-refractivity contribution is 0.127. The molecule has 1 aromatic carbocycles. The van der Waals surface area contributed by atoms with Gasteiger partial charge >= 0.3 is 0 Å². The molecular formula is C14H19ClFNO3S. The lowest BCUT2D eigenvalue weighted by atomic mass is 10.00. The van der Waals surface area contributed by atoms with Crippen molar-refractivity contribution in [2.45, 2.75) is 43.1 Å². The molecule has 2 N–H and O–H groups in total. The van der Waals surface area contributed by atoms with Crippen molar-refractivity contribution in [1.29, 1.82) is 0 Å². The summed E-state index contributed by atoms with van der Waals surface area (Å²) in [5.74, 6) is -0.618. The van der Waals surface area contributed by atoms with E-state index < -0.39 is 20.7 Å². The highest BCUT2D eigenvalue weighted by molar-refractivity contribution is 7.89. The van der Waals surface area contributed by atoms with E-state index in [9.17, 15) is 17.9 Å². The van der Waals surface area contributed by atoms with Gasteiger partial charge < -0.3 is 5.11 Å². The lowest BCUT2D eigenvalue weighted by Gasteiger charge is -2.14. The Bertz CT molecular complexity index is 574. The van der Waals surface area contributed by atoms with Gasteiger partial charge in [-0.1, -0.05) is 24.1 Å². The lowest BCUT2D eigenvalue weighted by Crippen LogP contribution is -2.26. The van der Waals surface area contributed by atoms with E-state index in [-0.39, 0.29) is 23.6 Å². The monoisotopic (exact) mass is 335 g/mol. The van der Waals surface area contributed by atoms with Gasteiger partial charge in [-0.15, -0.1) is 0 Å². The largest absolute Gasteiger partial charge is 0.393 e. The number of sulfonamides is 1. The first kappa shape index (κ1) is 16.7. The maximum absolute atomic E-state index is 13.6. The summed E-state index contributed by atoms with van der Waals surface area (Å²) in [7, 11) is -3.95. The van der Waals surface area contributed by atoms with Gasteiger partial charge in [0.15, 0.2) is 0 Å². The quantitative estimate of drug-likeness (QED) is 0.785. The average molecular weight is 336 g/mol. The third-order valence-electron chi connectivity index (χ3n) is 3.85. The maximum Gasteiger partial charge on any atom is 0.244 e. The van der Waals surface area contributed by atoms with Crippen LogP contribution >= 0.6 is 11.6 Å². The number of aliphatic hydroxyl groups is 1. The van der Waals surface area contributed by atoms with Crippen LogP contribution in [0.4, 0.5) is 4.39 Å². The minimum Gasteiger partial charge on any atom is -0.393 e. The number of benzene rings is 1. The summed E-state index contributed by atoms with van der Waals surface area (Å²) in [6.07, 6.45) is 3.90. The van der Waals surface area contributed by atoms with Gasteiger partial charge in [-0.2, -0.15) is 0 Å². The van der Waals surface area contributed by atoms with Crippen LogP contribution in [-0.2, 0) is 10.0 Å². The molecule has 1 aliphatic carbocycles. The molecule has 2 rings (SSSR count). The predicted molar refractivity (Wildman–Crippen MR) is 79.2 cm³/mol. The summed E-state index contributed by atoms with van der Waals surface area (Å²) >= 11 is 5.76. The van der Waals surface area contributed by atoms with Crippen molar-refractivity contribution in [3.63, 3.8) is 0 Å². The molecule has 0 heterocycles. The van der Waals surface area contributed by atoms with Crippen molar-refractivity contribution in [3.05, 3.63) is 29.0 Å². The first-order chi connectivity index (χ1) is 9.92. The van der Waals surface area contributed by atoms with Crippen molar-refractivity contribution in [2.24, 2.45) is 5.92 Å². The van der Waals surface area contributed by atoms with E-state index in [1.807, 2.05) is 0 Å². The summed E-state index contributed by atoms with van der Waals surface area (Å²) in [6.45, 7) is 0.205. The minimum absolute atomic E-state index is 0.131. The molecule has 0 spiro atoms. The third-order valence-corrected chi connectivity index (χ3v) is 5.81. The Morgan fingerprint density at radius 1 is 1.38 bits per heavy atom. The molecule has 118 valence electrons. The Hall–Kier alpha value is -0.690. The van der Waals surface area contributed by atoms with Crippen LogP contribution in [0.15, 0.2) is 23.1 Å². The highest BCUT2D eigenvalue weighted by Crippen LogP contribution is 2.29. The van der Waals surface area contributed by atoms with Gasteiger partial charge in [0.2, 0.25) is 10.0 Å². The normalized spacial score (nSPS) is 22.6. The van der Waals surface area contributed by atoms with Crippen LogP contribution in [0.25, 0.3) is 0 Å². The SMILES string of the molecule is O=S(=O)(NCCC[C@@H]1CCC[C@H]1O)c1c(F)cccc1Cl. The molecule has 21 heavy (non-hydrogen) atoms. The van der Waals surface area contributed by atoms with Crippen molar-refractivity contribution >= 4 is 21.6 Å². The van der Waals surface area contributed by atoms with E-state index in [2.05, 4.69) is 4.72 Å². The van der Waals surface area contributed by atoms with Gasteiger partial charge in [0.25, 0.3) is 0 Å². The van der Waals surface area contributed by atoms with Crippen molar-refractivity contribution in [3.8, 4) is 0 Å². The molecular weight excluding hydrogens is 317 g/mol. The van der Waals surface area contributed by atoms with Crippen molar-refractivity contribution in [1.82, 2.24) is 4.72 Å². The zero-order valence-electron chi connectivity index (χ0n) is 11.6. The van der Waals surface area contributed by atoms with E-state index in [4.69, 9.17) is 11.6 Å². The van der Waals surface area contributed by atoms with E-state index in [0.29, 0.717) is 6.42 Å². The topological polar surface area (TPSA) is 66.4 Å². The van der Waals surface area contributed by atoms with Gasteiger partial charge in [-0.3, -0.25) is 0 Å². The summed E-state index contributed by atoms with van der Waals surface area (Å²) in [4.78, 5) is -0.507. The molecule has 2 atom stereocenters. The zero-order valence-corrected chi connectivity index (χ0v) is 13.1. The molecule has 4 nitrogen and oxygen atoms in total. The van der Waals surface area contributed by atoms with Gasteiger partial charge in [0, 0.05) is 6.54 Å². The number of halogens is 2. The summed E-state index contributed by atoms with van der Waals surface area (Å²) in [6, 6.07) is 3.77.